The van der Waals surface area contributed by atoms with E-state index in [-0.39, 0.29) is 24.9 Å². The summed E-state index contributed by atoms with van der Waals surface area (Å²) in [6, 6.07) is 3.74. The Morgan fingerprint density at radius 1 is 1.28 bits per heavy atom. The van der Waals surface area contributed by atoms with Gasteiger partial charge in [-0.05, 0) is 37.1 Å². The molecule has 0 saturated heterocycles. The van der Waals surface area contributed by atoms with Gasteiger partial charge in [0, 0.05) is 6.54 Å². The molecule has 0 spiro atoms. The van der Waals surface area contributed by atoms with Crippen LogP contribution in [0.1, 0.15) is 24.5 Å². The number of carbonyl (C=O) groups excluding carboxylic acids is 2. The average Bonchev–Trinajstić information content (AvgIpc) is 2.71. The molecule has 0 saturated carbocycles. The van der Waals surface area contributed by atoms with E-state index in [9.17, 15) is 9.59 Å². The molecule has 2 rings (SSSR count). The number of nitrogens with one attached hydrogen (secondary N) is 1. The third-order valence-electron chi connectivity index (χ3n) is 2.72. The van der Waals surface area contributed by atoms with E-state index in [1.54, 1.807) is 0 Å². The third kappa shape index (κ3) is 2.80. The summed E-state index contributed by atoms with van der Waals surface area (Å²) in [5.74, 6) is 1.01. The number of ketones is 1. The molecule has 1 aliphatic rings. The van der Waals surface area contributed by atoms with Crippen molar-refractivity contribution in [3.8, 4) is 11.5 Å². The summed E-state index contributed by atoms with van der Waals surface area (Å²) < 4.78 is 10.5. The molecule has 1 aliphatic heterocycles. The average molecular weight is 249 g/mol. The van der Waals surface area contributed by atoms with Crippen LogP contribution in [0.25, 0.3) is 0 Å². The summed E-state index contributed by atoms with van der Waals surface area (Å²) in [6.45, 7) is 3.95. The van der Waals surface area contributed by atoms with Crippen molar-refractivity contribution in [2.45, 2.75) is 26.8 Å². The summed E-state index contributed by atoms with van der Waals surface area (Å²) in [6.07, 6.45) is -0.0798. The van der Waals surface area contributed by atoms with Gasteiger partial charge in [0.05, 0.1) is 6.42 Å². The van der Waals surface area contributed by atoms with Gasteiger partial charge in [0.2, 0.25) is 12.7 Å². The molecule has 0 fully saturated rings. The monoisotopic (exact) mass is 249 g/mol. The minimum atomic E-state index is -0.264. The molecule has 1 amide bonds. The van der Waals surface area contributed by atoms with Gasteiger partial charge in [-0.1, -0.05) is 0 Å². The number of hydrogen-bond donors (Lipinski definition) is 1. The molecule has 1 aromatic carbocycles. The van der Waals surface area contributed by atoms with Crippen LogP contribution in [0.15, 0.2) is 12.1 Å². The van der Waals surface area contributed by atoms with Crippen LogP contribution < -0.4 is 14.8 Å². The van der Waals surface area contributed by atoms with Crippen LogP contribution in [0.3, 0.4) is 0 Å². The zero-order chi connectivity index (χ0) is 13.1. The first kappa shape index (κ1) is 12.4. The maximum Gasteiger partial charge on any atom is 0.231 e. The number of ether oxygens (including phenoxy) is 2. The predicted molar refractivity (Wildman–Crippen MR) is 64.4 cm³/mol. The standard InChI is InChI=1S/C13H15NO4/c1-8-3-11-12(18-7-17-11)5-10(8)6-14-13(16)4-9(2)15/h3,5H,4,6-7H2,1-2H3,(H,14,16). The van der Waals surface area contributed by atoms with E-state index in [0.29, 0.717) is 12.3 Å². The maximum atomic E-state index is 11.4. The highest BCUT2D eigenvalue weighted by molar-refractivity contribution is 5.96. The number of carbonyl (C=O) groups is 2. The molecule has 1 heterocycles. The van der Waals surface area contributed by atoms with Crippen molar-refractivity contribution in [3.05, 3.63) is 23.3 Å². The van der Waals surface area contributed by atoms with Crippen molar-refractivity contribution in [2.24, 2.45) is 0 Å². The molecule has 0 atom stereocenters. The number of amides is 1. The Kier molecular flexibility index (Phi) is 3.50. The van der Waals surface area contributed by atoms with Crippen molar-refractivity contribution >= 4 is 11.7 Å². The van der Waals surface area contributed by atoms with Crippen molar-refractivity contribution in [3.63, 3.8) is 0 Å². The molecule has 1 N–H and O–H groups in total. The number of hydrogen-bond acceptors (Lipinski definition) is 4. The molecule has 0 aromatic heterocycles. The van der Waals surface area contributed by atoms with Crippen molar-refractivity contribution < 1.29 is 19.1 Å². The molecule has 0 unspecified atom stereocenters. The van der Waals surface area contributed by atoms with E-state index >= 15 is 0 Å². The maximum absolute atomic E-state index is 11.4. The second-order valence-electron chi connectivity index (χ2n) is 4.29. The fourth-order valence-electron chi connectivity index (χ4n) is 1.76. The second kappa shape index (κ2) is 5.08. The topological polar surface area (TPSA) is 64.6 Å². The van der Waals surface area contributed by atoms with Crippen molar-refractivity contribution in [1.29, 1.82) is 0 Å². The quantitative estimate of drug-likeness (QED) is 0.817. The normalized spacial score (nSPS) is 12.3. The molecule has 18 heavy (non-hydrogen) atoms. The van der Waals surface area contributed by atoms with Crippen LogP contribution in [-0.2, 0) is 16.1 Å². The van der Waals surface area contributed by atoms with Gasteiger partial charge in [-0.25, -0.2) is 0 Å². The minimum absolute atomic E-state index is 0.0798. The number of aryl methyl sites for hydroxylation is 1. The van der Waals surface area contributed by atoms with E-state index in [4.69, 9.17) is 9.47 Å². The fraction of sp³-hybridized carbons (Fsp3) is 0.385. The van der Waals surface area contributed by atoms with Crippen LogP contribution >= 0.6 is 0 Å². The lowest BCUT2D eigenvalue weighted by molar-refractivity contribution is -0.127. The van der Waals surface area contributed by atoms with E-state index < -0.39 is 0 Å². The molecule has 96 valence electrons. The Hall–Kier alpha value is -2.04. The highest BCUT2D eigenvalue weighted by Gasteiger charge is 2.15. The van der Waals surface area contributed by atoms with Gasteiger partial charge in [0.25, 0.3) is 0 Å². The van der Waals surface area contributed by atoms with Gasteiger partial charge in [-0.3, -0.25) is 9.59 Å². The first-order valence-corrected chi connectivity index (χ1v) is 5.71. The zero-order valence-electron chi connectivity index (χ0n) is 10.4. The fourth-order valence-corrected chi connectivity index (χ4v) is 1.76. The van der Waals surface area contributed by atoms with E-state index in [1.807, 2.05) is 19.1 Å². The van der Waals surface area contributed by atoms with Gasteiger partial charge in [0.15, 0.2) is 11.5 Å². The predicted octanol–water partition coefficient (Wildman–Crippen LogP) is 1.32. The van der Waals surface area contributed by atoms with Crippen LogP contribution in [-0.4, -0.2) is 18.5 Å². The summed E-state index contributed by atoms with van der Waals surface area (Å²) in [5, 5.41) is 2.71. The van der Waals surface area contributed by atoms with Crippen molar-refractivity contribution in [2.75, 3.05) is 6.79 Å². The smallest absolute Gasteiger partial charge is 0.231 e. The molecule has 0 aliphatic carbocycles. The van der Waals surface area contributed by atoms with Crippen LogP contribution in [0.4, 0.5) is 0 Å². The van der Waals surface area contributed by atoms with Gasteiger partial charge in [-0.2, -0.15) is 0 Å². The summed E-state index contributed by atoms with van der Waals surface area (Å²) in [5.41, 5.74) is 1.97. The minimum Gasteiger partial charge on any atom is -0.454 e. The first-order valence-electron chi connectivity index (χ1n) is 5.71. The summed E-state index contributed by atoms with van der Waals surface area (Å²) in [4.78, 5) is 22.2. The Morgan fingerprint density at radius 3 is 2.61 bits per heavy atom. The molecule has 5 nitrogen and oxygen atoms in total. The highest BCUT2D eigenvalue weighted by Crippen LogP contribution is 2.34. The lowest BCUT2D eigenvalue weighted by Crippen LogP contribution is -2.24. The van der Waals surface area contributed by atoms with Crippen molar-refractivity contribution in [1.82, 2.24) is 5.32 Å². The lowest BCUT2D eigenvalue weighted by atomic mass is 10.1. The Morgan fingerprint density at radius 2 is 1.94 bits per heavy atom. The largest absolute Gasteiger partial charge is 0.454 e. The first-order chi connectivity index (χ1) is 8.56. The summed E-state index contributed by atoms with van der Waals surface area (Å²) in [7, 11) is 0. The molecule has 5 heteroatoms. The Bertz CT molecular complexity index is 496. The van der Waals surface area contributed by atoms with Gasteiger partial charge in [0.1, 0.15) is 5.78 Å². The molecular weight excluding hydrogens is 234 g/mol. The molecule has 1 aromatic rings. The SMILES string of the molecule is CC(=O)CC(=O)NCc1cc2c(cc1C)OCO2. The molecule has 0 bridgehead atoms. The highest BCUT2D eigenvalue weighted by atomic mass is 16.7. The number of benzene rings is 1. The van der Waals surface area contributed by atoms with E-state index in [0.717, 1.165) is 16.9 Å². The van der Waals surface area contributed by atoms with Crippen LogP contribution in [0.5, 0.6) is 11.5 Å². The van der Waals surface area contributed by atoms with Crippen LogP contribution in [0, 0.1) is 6.92 Å². The summed E-state index contributed by atoms with van der Waals surface area (Å²) >= 11 is 0. The van der Waals surface area contributed by atoms with Gasteiger partial charge < -0.3 is 14.8 Å². The zero-order valence-corrected chi connectivity index (χ0v) is 10.4. The number of Topliss-reactive ketones (excluding diaryl/α,β-unsaturated/α-hetero) is 1. The van der Waals surface area contributed by atoms with Crippen LogP contribution in [0.2, 0.25) is 0 Å². The van der Waals surface area contributed by atoms with E-state index in [2.05, 4.69) is 5.32 Å². The number of rotatable bonds is 4. The van der Waals surface area contributed by atoms with Gasteiger partial charge in [-0.15, -0.1) is 0 Å². The van der Waals surface area contributed by atoms with E-state index in [1.165, 1.54) is 6.92 Å². The number of fused-ring (bicyclic) bond motifs is 1. The Labute approximate surface area is 105 Å². The molecule has 0 radical (unpaired) electrons. The molecular formula is C13H15NO4. The lowest BCUT2D eigenvalue weighted by Gasteiger charge is -2.08. The third-order valence-corrected chi connectivity index (χ3v) is 2.72. The van der Waals surface area contributed by atoms with Gasteiger partial charge >= 0.3 is 0 Å². The Balaban J connectivity index is 2.01. The second-order valence-corrected chi connectivity index (χ2v) is 4.29.